The molecule has 0 amide bonds. The summed E-state index contributed by atoms with van der Waals surface area (Å²) in [7, 11) is 0. The molecule has 0 nitrogen and oxygen atoms in total. The third kappa shape index (κ3) is 10.2. The molecule has 1 fully saturated rings. The molecule has 1 saturated carbocycles. The molecule has 36 heavy (non-hydrogen) atoms. The molecule has 0 heterocycles. The van der Waals surface area contributed by atoms with Gasteiger partial charge in [0.25, 0.3) is 0 Å². The molecule has 0 aromatic heterocycles. The van der Waals surface area contributed by atoms with Crippen molar-refractivity contribution in [1.82, 2.24) is 0 Å². The van der Waals surface area contributed by atoms with Crippen LogP contribution in [0.1, 0.15) is 134 Å². The highest BCUT2D eigenvalue weighted by Crippen LogP contribution is 2.44. The first-order valence-corrected chi connectivity index (χ1v) is 15.6. The van der Waals surface area contributed by atoms with Crippen LogP contribution in [0.4, 0.5) is 0 Å². The molecule has 0 radical (unpaired) electrons. The Balaban J connectivity index is 0.000000625. The fourth-order valence-corrected chi connectivity index (χ4v) is 6.58. The largest absolute Gasteiger partial charge is 0.0955 e. The van der Waals surface area contributed by atoms with Crippen LogP contribution in [-0.4, -0.2) is 0 Å². The fourth-order valence-electron chi connectivity index (χ4n) is 6.58. The molecule has 4 atom stereocenters. The minimum atomic E-state index is 0.737. The van der Waals surface area contributed by atoms with Crippen molar-refractivity contribution in [3.05, 3.63) is 58.7 Å². The first-order valence-electron chi connectivity index (χ1n) is 15.6. The van der Waals surface area contributed by atoms with Crippen molar-refractivity contribution in [2.45, 2.75) is 134 Å². The Kier molecular flexibility index (Phi) is 18.2. The van der Waals surface area contributed by atoms with Crippen LogP contribution in [0.25, 0.3) is 0 Å². The molecule has 0 aliphatic heterocycles. The fraction of sp³-hybridized carbons (Fsp3) is 0.722. The molecule has 0 spiro atoms. The lowest BCUT2D eigenvalue weighted by molar-refractivity contribution is 0.278. The molecule has 0 bridgehead atoms. The van der Waals surface area contributed by atoms with Crippen molar-refractivity contribution >= 4 is 0 Å². The van der Waals surface area contributed by atoms with Crippen LogP contribution in [0.2, 0.25) is 0 Å². The maximum atomic E-state index is 4.42. The topological polar surface area (TPSA) is 0 Å². The quantitative estimate of drug-likeness (QED) is 0.231. The highest BCUT2D eigenvalue weighted by Gasteiger charge is 2.32. The maximum Gasteiger partial charge on any atom is -0.00763 e. The second-order valence-corrected chi connectivity index (χ2v) is 11.3. The zero-order chi connectivity index (χ0) is 27.8. The molecule has 0 N–H and O–H groups in total. The number of hydrogen-bond donors (Lipinski definition) is 0. The van der Waals surface area contributed by atoms with Crippen LogP contribution in [0.5, 0.6) is 0 Å². The highest BCUT2D eigenvalue weighted by molar-refractivity contribution is 5.35. The number of rotatable bonds is 8. The standard InChI is InChI=1S/C19H34.C13H18.2C2H6/c1-7-11-16(6)18(14(3)4)19(15(5)8-2)17-12-9-10-13-17;1-9-4-7-12(8-9)13-10(2)5-6-11(13)3;2*1-2/h15,17,19H,6-13H2,1-5H3;4-7,10-11,13H,8H2,1-3H3;2*1-2H3. The molecule has 0 aromatic carbocycles. The van der Waals surface area contributed by atoms with E-state index in [4.69, 9.17) is 0 Å². The molecule has 4 unspecified atom stereocenters. The Hall–Kier alpha value is -1.30. The normalized spacial score (nSPS) is 24.2. The molecule has 0 heteroatoms. The predicted molar refractivity (Wildman–Crippen MR) is 167 cm³/mol. The lowest BCUT2D eigenvalue weighted by Gasteiger charge is -2.33. The summed E-state index contributed by atoms with van der Waals surface area (Å²) in [5.41, 5.74) is 7.71. The van der Waals surface area contributed by atoms with Gasteiger partial charge in [-0.2, -0.15) is 0 Å². The summed E-state index contributed by atoms with van der Waals surface area (Å²) in [6.07, 6.45) is 20.0. The van der Waals surface area contributed by atoms with Gasteiger partial charge in [0, 0.05) is 0 Å². The summed E-state index contributed by atoms with van der Waals surface area (Å²) in [4.78, 5) is 0. The lowest BCUT2D eigenvalue weighted by atomic mass is 9.71. The van der Waals surface area contributed by atoms with Gasteiger partial charge >= 0.3 is 0 Å². The van der Waals surface area contributed by atoms with Crippen LogP contribution < -0.4 is 0 Å². The average molecular weight is 497 g/mol. The lowest BCUT2D eigenvalue weighted by Crippen LogP contribution is -2.23. The van der Waals surface area contributed by atoms with E-state index in [1.165, 1.54) is 68.1 Å². The molecule has 208 valence electrons. The van der Waals surface area contributed by atoms with E-state index in [1.54, 1.807) is 11.1 Å². The van der Waals surface area contributed by atoms with E-state index in [0.717, 1.165) is 35.5 Å². The van der Waals surface area contributed by atoms with Gasteiger partial charge in [0.05, 0.1) is 0 Å². The average Bonchev–Trinajstić information content (AvgIpc) is 3.62. The first kappa shape index (κ1) is 34.7. The Morgan fingerprint density at radius 1 is 0.944 bits per heavy atom. The van der Waals surface area contributed by atoms with Crippen molar-refractivity contribution < 1.29 is 0 Å². The van der Waals surface area contributed by atoms with Crippen LogP contribution in [0.15, 0.2) is 58.7 Å². The molecule has 3 aliphatic carbocycles. The molecule has 0 aromatic rings. The van der Waals surface area contributed by atoms with Crippen LogP contribution in [-0.2, 0) is 0 Å². The smallest absolute Gasteiger partial charge is 0.00763 e. The van der Waals surface area contributed by atoms with Gasteiger partial charge in [0.1, 0.15) is 0 Å². The maximum absolute atomic E-state index is 4.42. The van der Waals surface area contributed by atoms with Crippen molar-refractivity contribution in [2.24, 2.45) is 35.5 Å². The second-order valence-electron chi connectivity index (χ2n) is 11.3. The van der Waals surface area contributed by atoms with E-state index in [9.17, 15) is 0 Å². The molecular weight excluding hydrogens is 432 g/mol. The minimum Gasteiger partial charge on any atom is -0.0955 e. The molecular formula is C36H64. The Morgan fingerprint density at radius 3 is 1.86 bits per heavy atom. The van der Waals surface area contributed by atoms with E-state index >= 15 is 0 Å². The van der Waals surface area contributed by atoms with Gasteiger partial charge in [-0.3, -0.25) is 0 Å². The van der Waals surface area contributed by atoms with Crippen molar-refractivity contribution in [3.8, 4) is 0 Å². The Bertz CT molecular complexity index is 718. The van der Waals surface area contributed by atoms with Gasteiger partial charge in [-0.05, 0) is 87.5 Å². The number of allylic oxidation sites excluding steroid dienone is 9. The SMILES string of the molecule is C=C(CCC)C(=C(C)C)C(C(C)CC)C1CCCC1.CC.CC.CC1=CC=C(C2C(C)C=CC2C)C1. The van der Waals surface area contributed by atoms with Crippen molar-refractivity contribution in [3.63, 3.8) is 0 Å². The van der Waals surface area contributed by atoms with Crippen molar-refractivity contribution in [1.29, 1.82) is 0 Å². The molecule has 3 rings (SSSR count). The third-order valence-corrected chi connectivity index (χ3v) is 8.31. The zero-order valence-electron chi connectivity index (χ0n) is 26.6. The monoisotopic (exact) mass is 497 g/mol. The van der Waals surface area contributed by atoms with E-state index in [2.05, 4.69) is 86.3 Å². The highest BCUT2D eigenvalue weighted by atomic mass is 14.4. The molecule has 3 aliphatic rings. The Morgan fingerprint density at radius 2 is 1.47 bits per heavy atom. The van der Waals surface area contributed by atoms with Crippen molar-refractivity contribution in [2.75, 3.05) is 0 Å². The Labute approximate surface area is 228 Å². The second kappa shape index (κ2) is 18.9. The van der Waals surface area contributed by atoms with Crippen LogP contribution >= 0.6 is 0 Å². The van der Waals surface area contributed by atoms with E-state index in [-0.39, 0.29) is 0 Å². The first-order chi connectivity index (χ1) is 17.2. The summed E-state index contributed by atoms with van der Waals surface area (Å²) in [5.74, 6) is 4.71. The van der Waals surface area contributed by atoms with E-state index < -0.39 is 0 Å². The van der Waals surface area contributed by atoms with Crippen LogP contribution in [0.3, 0.4) is 0 Å². The number of hydrogen-bond acceptors (Lipinski definition) is 0. The van der Waals surface area contributed by atoms with Crippen LogP contribution in [0, 0.1) is 35.5 Å². The predicted octanol–water partition coefficient (Wildman–Crippen LogP) is 12.3. The third-order valence-electron chi connectivity index (χ3n) is 8.31. The van der Waals surface area contributed by atoms with E-state index in [1.807, 2.05) is 27.7 Å². The van der Waals surface area contributed by atoms with Gasteiger partial charge in [-0.1, -0.05) is 141 Å². The van der Waals surface area contributed by atoms with E-state index in [0.29, 0.717) is 0 Å². The van der Waals surface area contributed by atoms with Gasteiger partial charge in [0.2, 0.25) is 0 Å². The molecule has 0 saturated heterocycles. The summed E-state index contributed by atoms with van der Waals surface area (Å²) in [5, 5.41) is 0. The summed E-state index contributed by atoms with van der Waals surface area (Å²) in [6, 6.07) is 0. The summed E-state index contributed by atoms with van der Waals surface area (Å²) >= 11 is 0. The van der Waals surface area contributed by atoms with Gasteiger partial charge in [-0.25, -0.2) is 0 Å². The van der Waals surface area contributed by atoms with Gasteiger partial charge in [0.15, 0.2) is 0 Å². The summed E-state index contributed by atoms with van der Waals surface area (Å²) in [6.45, 7) is 31.0. The van der Waals surface area contributed by atoms with Gasteiger partial charge in [-0.15, -0.1) is 0 Å². The minimum absolute atomic E-state index is 0.737. The summed E-state index contributed by atoms with van der Waals surface area (Å²) < 4.78 is 0. The van der Waals surface area contributed by atoms with Gasteiger partial charge < -0.3 is 0 Å². The zero-order valence-corrected chi connectivity index (χ0v) is 26.6.